The van der Waals surface area contributed by atoms with Gasteiger partial charge in [-0.15, -0.1) is 0 Å². The molecular weight excluding hydrogens is 343 g/mol. The van der Waals surface area contributed by atoms with Gasteiger partial charge in [0.15, 0.2) is 0 Å². The number of aryl methyl sites for hydroxylation is 1. The Kier molecular flexibility index (Phi) is 5.16. The summed E-state index contributed by atoms with van der Waals surface area (Å²) >= 11 is 0. The zero-order valence-electron chi connectivity index (χ0n) is 15.2. The normalized spacial score (nSPS) is 15.4. The molecule has 0 aliphatic carbocycles. The first-order chi connectivity index (χ1) is 13.2. The van der Waals surface area contributed by atoms with Crippen LogP contribution >= 0.6 is 0 Å². The van der Waals surface area contributed by atoms with Gasteiger partial charge in [0.05, 0.1) is 18.3 Å². The quantitative estimate of drug-likeness (QED) is 0.697. The molecule has 0 radical (unpaired) electrons. The van der Waals surface area contributed by atoms with Crippen molar-refractivity contribution >= 4 is 16.8 Å². The van der Waals surface area contributed by atoms with E-state index in [2.05, 4.69) is 10.00 Å². The molecule has 0 unspecified atom stereocenters. The van der Waals surface area contributed by atoms with Gasteiger partial charge in [-0.3, -0.25) is 14.4 Å². The van der Waals surface area contributed by atoms with E-state index in [0.717, 1.165) is 36.1 Å². The van der Waals surface area contributed by atoms with Crippen molar-refractivity contribution in [2.45, 2.75) is 19.5 Å². The lowest BCUT2D eigenvalue weighted by molar-refractivity contribution is -0.133. The summed E-state index contributed by atoms with van der Waals surface area (Å²) in [5.74, 6) is -0.0348. The Balaban J connectivity index is 1.27. The lowest BCUT2D eigenvalue weighted by Crippen LogP contribution is -2.48. The number of amides is 1. The monoisotopic (exact) mass is 366 g/mol. The fourth-order valence-corrected chi connectivity index (χ4v) is 3.61. The van der Waals surface area contributed by atoms with Crippen molar-refractivity contribution in [1.29, 1.82) is 0 Å². The molecule has 1 saturated heterocycles. The number of carbonyl (C=O) groups is 1. The van der Waals surface area contributed by atoms with Gasteiger partial charge in [-0.25, -0.2) is 4.39 Å². The molecule has 6 heteroatoms. The summed E-state index contributed by atoms with van der Waals surface area (Å²) in [4.78, 5) is 16.7. The van der Waals surface area contributed by atoms with Crippen LogP contribution < -0.4 is 0 Å². The fraction of sp³-hybridized carbons (Fsp3) is 0.333. The number of hydrogen-bond acceptors (Lipinski definition) is 3. The van der Waals surface area contributed by atoms with E-state index in [0.29, 0.717) is 26.1 Å². The molecule has 0 atom stereocenters. The van der Waals surface area contributed by atoms with Crippen LogP contribution in [0.3, 0.4) is 0 Å². The maximum absolute atomic E-state index is 13.3. The standard InChI is InChI=1S/C21H23FN4O/c22-19-6-3-4-17(14-19)16-24-10-12-25(13-11-24)21(27)8-9-26-20-7-2-1-5-18(20)15-23-26/h1-7,14-15H,8-13,16H2. The van der Waals surface area contributed by atoms with Crippen molar-refractivity contribution in [3.8, 4) is 0 Å². The summed E-state index contributed by atoms with van der Waals surface area (Å²) in [5, 5.41) is 5.48. The molecule has 2 heterocycles. The average molecular weight is 366 g/mol. The highest BCUT2D eigenvalue weighted by Gasteiger charge is 2.21. The van der Waals surface area contributed by atoms with E-state index in [1.807, 2.05) is 46.1 Å². The SMILES string of the molecule is O=C(CCn1ncc2ccccc21)N1CCN(Cc2cccc(F)c2)CC1. The third-order valence-corrected chi connectivity index (χ3v) is 5.11. The van der Waals surface area contributed by atoms with Crippen LogP contribution in [0.2, 0.25) is 0 Å². The molecule has 2 aromatic carbocycles. The summed E-state index contributed by atoms with van der Waals surface area (Å²) < 4.78 is 15.2. The van der Waals surface area contributed by atoms with Crippen LogP contribution in [0.25, 0.3) is 10.9 Å². The first kappa shape index (κ1) is 17.7. The minimum Gasteiger partial charge on any atom is -0.340 e. The lowest BCUT2D eigenvalue weighted by Gasteiger charge is -2.34. The summed E-state index contributed by atoms with van der Waals surface area (Å²) in [5.41, 5.74) is 2.03. The van der Waals surface area contributed by atoms with Crippen molar-refractivity contribution in [3.05, 3.63) is 66.1 Å². The third-order valence-electron chi connectivity index (χ3n) is 5.11. The molecule has 4 rings (SSSR count). The third kappa shape index (κ3) is 4.17. The predicted octanol–water partition coefficient (Wildman–Crippen LogP) is 2.91. The fourth-order valence-electron chi connectivity index (χ4n) is 3.61. The molecule has 3 aromatic rings. The second-order valence-corrected chi connectivity index (χ2v) is 6.96. The van der Waals surface area contributed by atoms with Gasteiger partial charge in [0.1, 0.15) is 5.82 Å². The molecule has 140 valence electrons. The van der Waals surface area contributed by atoms with Gasteiger partial charge in [0.25, 0.3) is 0 Å². The van der Waals surface area contributed by atoms with Crippen LogP contribution in [0, 0.1) is 5.82 Å². The number of halogens is 1. The summed E-state index contributed by atoms with van der Waals surface area (Å²) in [7, 11) is 0. The summed E-state index contributed by atoms with van der Waals surface area (Å²) in [6.45, 7) is 4.37. The van der Waals surface area contributed by atoms with E-state index in [-0.39, 0.29) is 11.7 Å². The molecule has 1 aliphatic heterocycles. The summed E-state index contributed by atoms with van der Waals surface area (Å²) in [6.07, 6.45) is 2.29. The molecule has 0 saturated carbocycles. The number of aromatic nitrogens is 2. The Hall–Kier alpha value is -2.73. The van der Waals surface area contributed by atoms with Crippen LogP contribution in [-0.2, 0) is 17.9 Å². The first-order valence-corrected chi connectivity index (χ1v) is 9.34. The first-order valence-electron chi connectivity index (χ1n) is 9.34. The van der Waals surface area contributed by atoms with Crippen molar-refractivity contribution in [1.82, 2.24) is 19.6 Å². The number of benzene rings is 2. The van der Waals surface area contributed by atoms with Gasteiger partial charge in [0, 0.05) is 44.5 Å². The highest BCUT2D eigenvalue weighted by Crippen LogP contribution is 2.14. The largest absolute Gasteiger partial charge is 0.340 e. The Morgan fingerprint density at radius 1 is 1.04 bits per heavy atom. The molecule has 1 aromatic heterocycles. The van der Waals surface area contributed by atoms with Crippen molar-refractivity contribution in [3.63, 3.8) is 0 Å². The lowest BCUT2D eigenvalue weighted by atomic mass is 10.2. The zero-order valence-corrected chi connectivity index (χ0v) is 15.2. The number of carbonyl (C=O) groups excluding carboxylic acids is 1. The minimum atomic E-state index is -0.201. The highest BCUT2D eigenvalue weighted by atomic mass is 19.1. The van der Waals surface area contributed by atoms with Crippen LogP contribution in [0.1, 0.15) is 12.0 Å². The number of piperazine rings is 1. The molecule has 0 bridgehead atoms. The number of fused-ring (bicyclic) bond motifs is 1. The minimum absolute atomic E-state index is 0.167. The Morgan fingerprint density at radius 2 is 1.85 bits per heavy atom. The zero-order chi connectivity index (χ0) is 18.6. The molecule has 5 nitrogen and oxygen atoms in total. The molecule has 1 aliphatic rings. The summed E-state index contributed by atoms with van der Waals surface area (Å²) in [6, 6.07) is 14.7. The smallest absolute Gasteiger partial charge is 0.224 e. The average Bonchev–Trinajstić information content (AvgIpc) is 3.10. The number of nitrogens with zero attached hydrogens (tertiary/aromatic N) is 4. The van der Waals surface area contributed by atoms with Crippen LogP contribution in [0.5, 0.6) is 0 Å². The number of rotatable bonds is 5. The molecule has 1 amide bonds. The van der Waals surface area contributed by atoms with Crippen LogP contribution in [0.4, 0.5) is 4.39 Å². The van der Waals surface area contributed by atoms with E-state index in [9.17, 15) is 9.18 Å². The van der Waals surface area contributed by atoms with Gasteiger partial charge < -0.3 is 4.90 Å². The molecular formula is C21H23FN4O. The molecule has 0 N–H and O–H groups in total. The Labute approximate surface area is 158 Å². The van der Waals surface area contributed by atoms with E-state index < -0.39 is 0 Å². The number of hydrogen-bond donors (Lipinski definition) is 0. The van der Waals surface area contributed by atoms with Gasteiger partial charge in [0.2, 0.25) is 5.91 Å². The second-order valence-electron chi connectivity index (χ2n) is 6.96. The number of para-hydroxylation sites is 1. The molecule has 27 heavy (non-hydrogen) atoms. The predicted molar refractivity (Wildman–Crippen MR) is 103 cm³/mol. The van der Waals surface area contributed by atoms with E-state index in [1.165, 1.54) is 6.07 Å². The molecule has 1 fully saturated rings. The van der Waals surface area contributed by atoms with Crippen LogP contribution in [0.15, 0.2) is 54.7 Å². The van der Waals surface area contributed by atoms with Gasteiger partial charge in [-0.2, -0.15) is 5.10 Å². The van der Waals surface area contributed by atoms with Gasteiger partial charge >= 0.3 is 0 Å². The van der Waals surface area contributed by atoms with Crippen molar-refractivity contribution in [2.75, 3.05) is 26.2 Å². The Bertz CT molecular complexity index is 931. The maximum Gasteiger partial charge on any atom is 0.224 e. The maximum atomic E-state index is 13.3. The second kappa shape index (κ2) is 7.88. The molecule has 0 spiro atoms. The van der Waals surface area contributed by atoms with Crippen molar-refractivity contribution < 1.29 is 9.18 Å². The van der Waals surface area contributed by atoms with E-state index in [1.54, 1.807) is 12.1 Å². The van der Waals surface area contributed by atoms with Crippen molar-refractivity contribution in [2.24, 2.45) is 0 Å². The van der Waals surface area contributed by atoms with Crippen LogP contribution in [-0.4, -0.2) is 51.7 Å². The van der Waals surface area contributed by atoms with E-state index in [4.69, 9.17) is 0 Å². The highest BCUT2D eigenvalue weighted by molar-refractivity contribution is 5.79. The Morgan fingerprint density at radius 3 is 2.67 bits per heavy atom. The van der Waals surface area contributed by atoms with Gasteiger partial charge in [-0.05, 0) is 23.8 Å². The van der Waals surface area contributed by atoms with Gasteiger partial charge in [-0.1, -0.05) is 30.3 Å². The topological polar surface area (TPSA) is 41.4 Å². The van der Waals surface area contributed by atoms with E-state index >= 15 is 0 Å².